The van der Waals surface area contributed by atoms with E-state index in [1.54, 1.807) is 0 Å². The van der Waals surface area contributed by atoms with Gasteiger partial charge in [0.25, 0.3) is 5.91 Å². The molecule has 0 saturated carbocycles. The van der Waals surface area contributed by atoms with Gasteiger partial charge in [-0.3, -0.25) is 4.79 Å². The van der Waals surface area contributed by atoms with Gasteiger partial charge in [-0.2, -0.15) is 0 Å². The van der Waals surface area contributed by atoms with Crippen LogP contribution in [-0.2, 0) is 4.74 Å². The quantitative estimate of drug-likeness (QED) is 0.935. The molecular weight excluding hydrogens is 261 g/mol. The van der Waals surface area contributed by atoms with Crippen LogP contribution in [0.15, 0.2) is 28.9 Å². The molecule has 1 aliphatic rings. The molecule has 5 heteroatoms. The normalized spacial score (nSPS) is 18.6. The first-order chi connectivity index (χ1) is 9.74. The second-order valence-electron chi connectivity index (χ2n) is 4.97. The van der Waals surface area contributed by atoms with E-state index in [9.17, 15) is 9.18 Å². The van der Waals surface area contributed by atoms with Crippen molar-refractivity contribution >= 4 is 16.9 Å². The number of benzene rings is 1. The third-order valence-electron chi connectivity index (χ3n) is 3.56. The fourth-order valence-electron chi connectivity index (χ4n) is 2.49. The van der Waals surface area contributed by atoms with Crippen LogP contribution in [0.5, 0.6) is 0 Å². The summed E-state index contributed by atoms with van der Waals surface area (Å²) in [6.45, 7) is 1.36. The molecule has 4 nitrogen and oxygen atoms in total. The lowest BCUT2D eigenvalue weighted by atomic mass is 10.1. The molecule has 1 atom stereocenters. The van der Waals surface area contributed by atoms with Crippen molar-refractivity contribution in [1.82, 2.24) is 5.32 Å². The molecule has 106 valence electrons. The molecule has 0 aliphatic carbocycles. The highest BCUT2D eigenvalue weighted by Crippen LogP contribution is 2.22. The van der Waals surface area contributed by atoms with Gasteiger partial charge in [-0.15, -0.1) is 0 Å². The molecule has 2 heterocycles. The number of hydrogen-bond acceptors (Lipinski definition) is 3. The highest BCUT2D eigenvalue weighted by molar-refractivity contribution is 6.05. The molecule has 1 saturated heterocycles. The molecule has 0 radical (unpaired) electrons. The number of furan rings is 1. The average molecular weight is 277 g/mol. The Labute approximate surface area is 115 Å². The maximum absolute atomic E-state index is 13.2. The minimum atomic E-state index is -0.382. The van der Waals surface area contributed by atoms with Gasteiger partial charge in [0.2, 0.25) is 0 Å². The molecule has 0 bridgehead atoms. The molecule has 1 aromatic heterocycles. The summed E-state index contributed by atoms with van der Waals surface area (Å²) >= 11 is 0. The van der Waals surface area contributed by atoms with E-state index in [1.165, 1.54) is 24.5 Å². The average Bonchev–Trinajstić information content (AvgIpc) is 3.07. The zero-order valence-electron chi connectivity index (χ0n) is 11.0. The summed E-state index contributed by atoms with van der Waals surface area (Å²) in [6.07, 6.45) is 4.55. The summed E-state index contributed by atoms with van der Waals surface area (Å²) in [5, 5.41) is 3.32. The van der Waals surface area contributed by atoms with E-state index >= 15 is 0 Å². The standard InChI is InChI=1S/C15H16FNO3/c16-10-3-4-14-12(8-10)13(9-20-14)15(18)17-6-5-11-2-1-7-19-11/h3-4,8-9,11H,1-2,5-7H2,(H,17,18). The monoisotopic (exact) mass is 277 g/mol. The molecule has 1 fully saturated rings. The molecule has 1 aromatic carbocycles. The van der Waals surface area contributed by atoms with Crippen LogP contribution in [0.4, 0.5) is 4.39 Å². The van der Waals surface area contributed by atoms with Crippen molar-refractivity contribution in [3.63, 3.8) is 0 Å². The fraction of sp³-hybridized carbons (Fsp3) is 0.400. The van der Waals surface area contributed by atoms with Crippen LogP contribution in [0.1, 0.15) is 29.6 Å². The zero-order chi connectivity index (χ0) is 13.9. The molecule has 20 heavy (non-hydrogen) atoms. The summed E-state index contributed by atoms with van der Waals surface area (Å²) in [7, 11) is 0. The largest absolute Gasteiger partial charge is 0.463 e. The predicted molar refractivity (Wildman–Crippen MR) is 72.1 cm³/mol. The lowest BCUT2D eigenvalue weighted by molar-refractivity contribution is 0.0908. The Morgan fingerprint density at radius 2 is 2.35 bits per heavy atom. The van der Waals surface area contributed by atoms with E-state index in [2.05, 4.69) is 5.32 Å². The Morgan fingerprint density at radius 3 is 3.15 bits per heavy atom. The predicted octanol–water partition coefficient (Wildman–Crippen LogP) is 2.87. The van der Waals surface area contributed by atoms with Gasteiger partial charge in [0, 0.05) is 18.5 Å². The number of fused-ring (bicyclic) bond motifs is 1. The van der Waals surface area contributed by atoms with Gasteiger partial charge in [-0.05, 0) is 37.5 Å². The summed E-state index contributed by atoms with van der Waals surface area (Å²) in [6, 6.07) is 4.15. The minimum Gasteiger partial charge on any atom is -0.463 e. The van der Waals surface area contributed by atoms with Crippen molar-refractivity contribution in [2.75, 3.05) is 13.2 Å². The number of rotatable bonds is 4. The molecule has 0 spiro atoms. The minimum absolute atomic E-state index is 0.243. The molecule has 2 aromatic rings. The van der Waals surface area contributed by atoms with Crippen LogP contribution in [0.25, 0.3) is 11.0 Å². The van der Waals surface area contributed by atoms with E-state index in [1.807, 2.05) is 0 Å². The van der Waals surface area contributed by atoms with Gasteiger partial charge in [0.15, 0.2) is 0 Å². The van der Waals surface area contributed by atoms with Crippen LogP contribution in [0, 0.1) is 5.82 Å². The van der Waals surface area contributed by atoms with Gasteiger partial charge in [0.1, 0.15) is 17.7 Å². The summed E-state index contributed by atoms with van der Waals surface area (Å²) in [4.78, 5) is 12.1. The Hall–Kier alpha value is -1.88. The van der Waals surface area contributed by atoms with Gasteiger partial charge in [-0.1, -0.05) is 0 Å². The lowest BCUT2D eigenvalue weighted by Crippen LogP contribution is -2.26. The van der Waals surface area contributed by atoms with Crippen LogP contribution < -0.4 is 5.32 Å². The van der Waals surface area contributed by atoms with Crippen LogP contribution in [0.2, 0.25) is 0 Å². The van der Waals surface area contributed by atoms with Gasteiger partial charge < -0.3 is 14.5 Å². The first-order valence-electron chi connectivity index (χ1n) is 6.80. The van der Waals surface area contributed by atoms with Gasteiger partial charge >= 0.3 is 0 Å². The van der Waals surface area contributed by atoms with Crippen molar-refractivity contribution in [3.8, 4) is 0 Å². The summed E-state index contributed by atoms with van der Waals surface area (Å²) < 4.78 is 24.0. The Morgan fingerprint density at radius 1 is 1.45 bits per heavy atom. The second kappa shape index (κ2) is 5.63. The smallest absolute Gasteiger partial charge is 0.255 e. The number of ether oxygens (including phenoxy) is 1. The van der Waals surface area contributed by atoms with Crippen molar-refractivity contribution in [2.45, 2.75) is 25.4 Å². The number of hydrogen-bond donors (Lipinski definition) is 1. The first kappa shape index (κ1) is 13.1. The van der Waals surface area contributed by atoms with Crippen LogP contribution >= 0.6 is 0 Å². The molecule has 1 N–H and O–H groups in total. The number of carbonyl (C=O) groups excluding carboxylic acids is 1. The lowest BCUT2D eigenvalue weighted by Gasteiger charge is -2.09. The molecule has 3 rings (SSSR count). The van der Waals surface area contributed by atoms with E-state index < -0.39 is 0 Å². The molecule has 1 amide bonds. The Bertz CT molecular complexity index is 617. The van der Waals surface area contributed by atoms with E-state index in [0.717, 1.165) is 25.9 Å². The first-order valence-corrected chi connectivity index (χ1v) is 6.80. The third-order valence-corrected chi connectivity index (χ3v) is 3.56. The SMILES string of the molecule is O=C(NCCC1CCCO1)c1coc2ccc(F)cc12. The van der Waals surface area contributed by atoms with Crippen molar-refractivity contribution in [1.29, 1.82) is 0 Å². The summed E-state index contributed by atoms with van der Waals surface area (Å²) in [5.74, 6) is -0.625. The highest BCUT2D eigenvalue weighted by atomic mass is 19.1. The molecule has 1 unspecified atom stereocenters. The van der Waals surface area contributed by atoms with Crippen molar-refractivity contribution < 1.29 is 18.3 Å². The fourth-order valence-corrected chi connectivity index (χ4v) is 2.49. The van der Waals surface area contributed by atoms with Crippen LogP contribution in [-0.4, -0.2) is 25.2 Å². The molecular formula is C15H16FNO3. The highest BCUT2D eigenvalue weighted by Gasteiger charge is 2.17. The van der Waals surface area contributed by atoms with Crippen molar-refractivity contribution in [3.05, 3.63) is 35.8 Å². The van der Waals surface area contributed by atoms with E-state index in [4.69, 9.17) is 9.15 Å². The summed E-state index contributed by atoms with van der Waals surface area (Å²) in [5.41, 5.74) is 0.877. The number of carbonyl (C=O) groups is 1. The Kier molecular flexibility index (Phi) is 3.69. The topological polar surface area (TPSA) is 51.5 Å². The third kappa shape index (κ3) is 2.67. The van der Waals surface area contributed by atoms with Gasteiger partial charge in [-0.25, -0.2) is 4.39 Å². The van der Waals surface area contributed by atoms with Crippen molar-refractivity contribution in [2.24, 2.45) is 0 Å². The second-order valence-corrected chi connectivity index (χ2v) is 4.97. The molecule has 1 aliphatic heterocycles. The number of nitrogens with one attached hydrogen (secondary N) is 1. The zero-order valence-corrected chi connectivity index (χ0v) is 11.0. The van der Waals surface area contributed by atoms with E-state index in [-0.39, 0.29) is 17.8 Å². The Balaban J connectivity index is 1.64. The van der Waals surface area contributed by atoms with E-state index in [0.29, 0.717) is 23.1 Å². The maximum atomic E-state index is 13.2. The number of halogens is 1. The van der Waals surface area contributed by atoms with Gasteiger partial charge in [0.05, 0.1) is 11.7 Å². The maximum Gasteiger partial charge on any atom is 0.255 e. The number of amides is 1. The van der Waals surface area contributed by atoms with Crippen LogP contribution in [0.3, 0.4) is 0 Å².